The zero-order chi connectivity index (χ0) is 9.84. The summed E-state index contributed by atoms with van der Waals surface area (Å²) in [5.41, 5.74) is 6.87. The van der Waals surface area contributed by atoms with Crippen molar-refractivity contribution >= 4 is 11.7 Å². The third-order valence-electron chi connectivity index (χ3n) is 1.70. The Kier molecular flexibility index (Phi) is 2.87. The molecule has 0 fully saturated rings. The number of ether oxygens (including phenoxy) is 1. The molecule has 0 saturated heterocycles. The van der Waals surface area contributed by atoms with Gasteiger partial charge in [0.2, 0.25) is 0 Å². The first kappa shape index (κ1) is 9.54. The highest BCUT2D eigenvalue weighted by Crippen LogP contribution is 2.15. The van der Waals surface area contributed by atoms with Crippen LogP contribution in [0, 0.1) is 0 Å². The molecule has 4 nitrogen and oxygen atoms in total. The number of hydrogen-bond donors (Lipinski definition) is 2. The molecule has 0 unspecified atom stereocenters. The molecule has 4 heteroatoms. The average Bonchev–Trinajstić information content (AvgIpc) is 2.16. The second-order valence-electron chi connectivity index (χ2n) is 2.57. The van der Waals surface area contributed by atoms with E-state index >= 15 is 0 Å². The molecule has 1 aromatic carbocycles. The van der Waals surface area contributed by atoms with Crippen molar-refractivity contribution in [2.24, 2.45) is 0 Å². The van der Waals surface area contributed by atoms with Crippen LogP contribution in [0.1, 0.15) is 15.9 Å². The minimum absolute atomic E-state index is 0.0916. The molecule has 0 amide bonds. The molecule has 1 rings (SSSR count). The number of hydrogen-bond acceptors (Lipinski definition) is 4. The van der Waals surface area contributed by atoms with Gasteiger partial charge in [0.1, 0.15) is 0 Å². The van der Waals surface area contributed by atoms with Crippen LogP contribution in [0.5, 0.6) is 0 Å². The normalized spacial score (nSPS) is 9.69. The summed E-state index contributed by atoms with van der Waals surface area (Å²) in [6, 6.07) is 4.71. The second kappa shape index (κ2) is 3.91. The van der Waals surface area contributed by atoms with E-state index in [0.717, 1.165) is 0 Å². The summed E-state index contributed by atoms with van der Waals surface area (Å²) in [5, 5.41) is 8.78. The fourth-order valence-corrected chi connectivity index (χ4v) is 1.01. The summed E-state index contributed by atoms with van der Waals surface area (Å²) in [7, 11) is 1.29. The van der Waals surface area contributed by atoms with E-state index in [1.807, 2.05) is 0 Å². The number of carbonyl (C=O) groups is 1. The molecule has 1 aromatic rings. The van der Waals surface area contributed by atoms with Crippen LogP contribution in [0.2, 0.25) is 0 Å². The van der Waals surface area contributed by atoms with Crippen molar-refractivity contribution in [1.29, 1.82) is 0 Å². The number of methoxy groups -OCH3 is 1. The average molecular weight is 181 g/mol. The number of aliphatic hydroxyl groups excluding tert-OH is 1. The number of nitrogen functional groups attached to an aromatic ring is 1. The van der Waals surface area contributed by atoms with Gasteiger partial charge in [-0.25, -0.2) is 4.79 Å². The zero-order valence-corrected chi connectivity index (χ0v) is 7.28. The lowest BCUT2D eigenvalue weighted by Gasteiger charge is -2.04. The van der Waals surface area contributed by atoms with Crippen LogP contribution < -0.4 is 5.73 Å². The summed E-state index contributed by atoms with van der Waals surface area (Å²) < 4.78 is 4.51. The van der Waals surface area contributed by atoms with Gasteiger partial charge >= 0.3 is 5.97 Å². The van der Waals surface area contributed by atoms with Crippen LogP contribution in [-0.4, -0.2) is 18.2 Å². The second-order valence-corrected chi connectivity index (χ2v) is 2.57. The smallest absolute Gasteiger partial charge is 0.339 e. The third-order valence-corrected chi connectivity index (χ3v) is 1.70. The van der Waals surface area contributed by atoms with Crippen LogP contribution in [0.4, 0.5) is 5.69 Å². The maximum Gasteiger partial charge on any atom is 0.339 e. The van der Waals surface area contributed by atoms with Gasteiger partial charge in [-0.2, -0.15) is 0 Å². The number of aliphatic hydroxyl groups is 1. The van der Waals surface area contributed by atoms with Crippen molar-refractivity contribution < 1.29 is 14.6 Å². The highest BCUT2D eigenvalue weighted by molar-refractivity contribution is 5.95. The lowest BCUT2D eigenvalue weighted by Crippen LogP contribution is -2.05. The predicted molar refractivity (Wildman–Crippen MR) is 48.1 cm³/mol. The van der Waals surface area contributed by atoms with E-state index in [4.69, 9.17) is 10.8 Å². The molecule has 13 heavy (non-hydrogen) atoms. The van der Waals surface area contributed by atoms with Gasteiger partial charge in [0, 0.05) is 5.69 Å². The highest BCUT2D eigenvalue weighted by Gasteiger charge is 2.09. The Bertz CT molecular complexity index is 323. The third kappa shape index (κ3) is 1.97. The number of anilines is 1. The van der Waals surface area contributed by atoms with Crippen molar-refractivity contribution in [1.82, 2.24) is 0 Å². The Morgan fingerprint density at radius 3 is 2.77 bits per heavy atom. The molecule has 0 aliphatic heterocycles. The van der Waals surface area contributed by atoms with Gasteiger partial charge < -0.3 is 15.6 Å². The van der Waals surface area contributed by atoms with Crippen molar-refractivity contribution in [2.45, 2.75) is 6.61 Å². The van der Waals surface area contributed by atoms with Crippen LogP contribution >= 0.6 is 0 Å². The number of esters is 1. The van der Waals surface area contributed by atoms with Crippen LogP contribution in [0.15, 0.2) is 18.2 Å². The molecule has 0 heterocycles. The number of carbonyl (C=O) groups excluding carboxylic acids is 1. The van der Waals surface area contributed by atoms with Gasteiger partial charge in [-0.05, 0) is 17.7 Å². The van der Waals surface area contributed by atoms with E-state index in [1.54, 1.807) is 12.1 Å². The Morgan fingerprint density at radius 2 is 2.31 bits per heavy atom. The summed E-state index contributed by atoms with van der Waals surface area (Å²) in [6.07, 6.45) is 0. The van der Waals surface area contributed by atoms with E-state index in [0.29, 0.717) is 16.8 Å². The first-order valence-corrected chi connectivity index (χ1v) is 3.76. The zero-order valence-electron chi connectivity index (χ0n) is 7.28. The maximum atomic E-state index is 11.1. The van der Waals surface area contributed by atoms with Gasteiger partial charge in [0.05, 0.1) is 19.3 Å². The number of benzene rings is 1. The van der Waals surface area contributed by atoms with E-state index < -0.39 is 5.97 Å². The van der Waals surface area contributed by atoms with Gasteiger partial charge in [-0.3, -0.25) is 0 Å². The van der Waals surface area contributed by atoms with Crippen molar-refractivity contribution in [3.8, 4) is 0 Å². The minimum Gasteiger partial charge on any atom is -0.465 e. The number of nitrogens with two attached hydrogens (primary N) is 1. The molecule has 3 N–H and O–H groups in total. The first-order chi connectivity index (χ1) is 6.19. The van der Waals surface area contributed by atoms with E-state index in [1.165, 1.54) is 13.2 Å². The number of rotatable bonds is 2. The highest BCUT2D eigenvalue weighted by atomic mass is 16.5. The fraction of sp³-hybridized carbons (Fsp3) is 0.222. The molecule has 70 valence electrons. The van der Waals surface area contributed by atoms with Gasteiger partial charge in [-0.15, -0.1) is 0 Å². The van der Waals surface area contributed by atoms with Crippen molar-refractivity contribution in [3.05, 3.63) is 29.3 Å². The lowest BCUT2D eigenvalue weighted by atomic mass is 10.1. The predicted octanol–water partition coefficient (Wildman–Crippen LogP) is 0.548. The summed E-state index contributed by atoms with van der Waals surface area (Å²) in [5.74, 6) is -0.470. The molecule has 0 aliphatic rings. The standard InChI is InChI=1S/C9H11NO3/c1-13-9(12)7-3-2-6(5-11)4-8(7)10/h2-4,11H,5,10H2,1H3. The maximum absolute atomic E-state index is 11.1. The molecule has 0 radical (unpaired) electrons. The molecule has 0 atom stereocenters. The van der Waals surface area contributed by atoms with Gasteiger partial charge in [0.25, 0.3) is 0 Å². The monoisotopic (exact) mass is 181 g/mol. The van der Waals surface area contributed by atoms with Crippen LogP contribution in [0.25, 0.3) is 0 Å². The molecular formula is C9H11NO3. The van der Waals surface area contributed by atoms with E-state index in [-0.39, 0.29) is 6.61 Å². The van der Waals surface area contributed by atoms with Crippen molar-refractivity contribution in [2.75, 3.05) is 12.8 Å². The molecule has 0 saturated carbocycles. The lowest BCUT2D eigenvalue weighted by molar-refractivity contribution is 0.0602. The quantitative estimate of drug-likeness (QED) is 0.516. The van der Waals surface area contributed by atoms with Crippen LogP contribution in [-0.2, 0) is 11.3 Å². The minimum atomic E-state index is -0.470. The fourth-order valence-electron chi connectivity index (χ4n) is 1.01. The summed E-state index contributed by atoms with van der Waals surface area (Å²) >= 11 is 0. The molecule has 0 bridgehead atoms. The summed E-state index contributed by atoms with van der Waals surface area (Å²) in [6.45, 7) is -0.0916. The molecule has 0 aliphatic carbocycles. The Morgan fingerprint density at radius 1 is 1.62 bits per heavy atom. The van der Waals surface area contributed by atoms with E-state index in [9.17, 15) is 4.79 Å². The van der Waals surface area contributed by atoms with Crippen molar-refractivity contribution in [3.63, 3.8) is 0 Å². The summed E-state index contributed by atoms with van der Waals surface area (Å²) in [4.78, 5) is 11.1. The van der Waals surface area contributed by atoms with Gasteiger partial charge in [-0.1, -0.05) is 6.07 Å². The molecule has 0 aromatic heterocycles. The Hall–Kier alpha value is -1.55. The van der Waals surface area contributed by atoms with Crippen LogP contribution in [0.3, 0.4) is 0 Å². The van der Waals surface area contributed by atoms with E-state index in [2.05, 4.69) is 4.74 Å². The van der Waals surface area contributed by atoms with Gasteiger partial charge in [0.15, 0.2) is 0 Å². The largest absolute Gasteiger partial charge is 0.465 e. The topological polar surface area (TPSA) is 72.5 Å². The Labute approximate surface area is 75.9 Å². The molecular weight excluding hydrogens is 170 g/mol. The first-order valence-electron chi connectivity index (χ1n) is 3.76. The Balaban J connectivity index is 3.05. The molecule has 0 spiro atoms. The SMILES string of the molecule is COC(=O)c1ccc(CO)cc1N.